The van der Waals surface area contributed by atoms with Crippen LogP contribution in [0.2, 0.25) is 0 Å². The molecular formula is C33H31FN6O2. The van der Waals surface area contributed by atoms with Crippen LogP contribution in [-0.4, -0.2) is 63.4 Å². The van der Waals surface area contributed by atoms with Gasteiger partial charge in [-0.05, 0) is 67.4 Å². The first-order valence-corrected chi connectivity index (χ1v) is 14.2. The predicted octanol–water partition coefficient (Wildman–Crippen LogP) is 6.18. The van der Waals surface area contributed by atoms with Crippen LogP contribution in [0.5, 0.6) is 11.5 Å². The van der Waals surface area contributed by atoms with Crippen LogP contribution in [0.4, 0.5) is 4.39 Å². The van der Waals surface area contributed by atoms with Gasteiger partial charge in [-0.15, -0.1) is 0 Å². The topological polar surface area (TPSA) is 92.0 Å². The summed E-state index contributed by atoms with van der Waals surface area (Å²) in [6.07, 6.45) is 14.6. The zero-order chi connectivity index (χ0) is 28.5. The molecule has 0 amide bonds. The molecule has 8 nitrogen and oxygen atoms in total. The van der Waals surface area contributed by atoms with E-state index in [-0.39, 0.29) is 5.82 Å². The third-order valence-electron chi connectivity index (χ3n) is 7.93. The number of aromatic amines is 2. The van der Waals surface area contributed by atoms with Gasteiger partial charge in [0.2, 0.25) is 0 Å². The highest BCUT2D eigenvalue weighted by molar-refractivity contribution is 5.94. The van der Waals surface area contributed by atoms with E-state index in [1.165, 1.54) is 18.9 Å². The number of ether oxygens (including phenoxy) is 2. The lowest BCUT2D eigenvalue weighted by molar-refractivity contribution is 0.237. The monoisotopic (exact) mass is 562 g/mol. The summed E-state index contributed by atoms with van der Waals surface area (Å²) in [6, 6.07) is 11.0. The van der Waals surface area contributed by atoms with Crippen LogP contribution >= 0.6 is 0 Å². The largest absolute Gasteiger partial charge is 0.495 e. The molecule has 1 saturated heterocycles. The van der Waals surface area contributed by atoms with E-state index in [0.29, 0.717) is 23.8 Å². The molecule has 212 valence electrons. The van der Waals surface area contributed by atoms with Crippen molar-refractivity contribution in [3.8, 4) is 34.0 Å². The van der Waals surface area contributed by atoms with Gasteiger partial charge in [-0.25, -0.2) is 9.37 Å². The number of fused-ring (bicyclic) bond motifs is 2. The second-order valence-corrected chi connectivity index (χ2v) is 10.7. The molecule has 5 heterocycles. The zero-order valence-corrected chi connectivity index (χ0v) is 23.4. The molecule has 5 aromatic rings. The lowest BCUT2D eigenvalue weighted by Crippen LogP contribution is -2.25. The molecule has 2 aliphatic rings. The highest BCUT2D eigenvalue weighted by Gasteiger charge is 2.20. The summed E-state index contributed by atoms with van der Waals surface area (Å²) in [5.74, 6) is 0.902. The Labute approximate surface area is 242 Å². The molecule has 0 unspecified atom stereocenters. The van der Waals surface area contributed by atoms with Crippen molar-refractivity contribution in [2.45, 2.75) is 19.3 Å². The minimum Gasteiger partial charge on any atom is -0.495 e. The molecule has 7 rings (SSSR count). The van der Waals surface area contributed by atoms with Crippen LogP contribution in [0.1, 0.15) is 29.7 Å². The first-order chi connectivity index (χ1) is 20.6. The van der Waals surface area contributed by atoms with Crippen molar-refractivity contribution in [3.63, 3.8) is 0 Å². The first kappa shape index (κ1) is 26.2. The molecule has 1 aliphatic heterocycles. The zero-order valence-electron chi connectivity index (χ0n) is 23.4. The molecule has 0 atom stereocenters. The number of nitrogens with zero attached hydrogens (tertiary/aromatic N) is 4. The lowest BCUT2D eigenvalue weighted by atomic mass is 9.97. The van der Waals surface area contributed by atoms with E-state index >= 15 is 0 Å². The molecule has 4 aromatic heterocycles. The highest BCUT2D eigenvalue weighted by atomic mass is 19.1. The number of pyridine rings is 2. The van der Waals surface area contributed by atoms with E-state index in [0.717, 1.165) is 76.4 Å². The van der Waals surface area contributed by atoms with Crippen molar-refractivity contribution < 1.29 is 13.9 Å². The lowest BCUT2D eigenvalue weighted by Gasteiger charge is -2.16. The molecule has 1 aliphatic carbocycles. The molecule has 1 aromatic carbocycles. The predicted molar refractivity (Wildman–Crippen MR) is 161 cm³/mol. The summed E-state index contributed by atoms with van der Waals surface area (Å²) in [5.41, 5.74) is 7.88. The summed E-state index contributed by atoms with van der Waals surface area (Å²) < 4.78 is 26.2. The van der Waals surface area contributed by atoms with E-state index in [4.69, 9.17) is 9.47 Å². The van der Waals surface area contributed by atoms with Gasteiger partial charge in [-0.3, -0.25) is 15.0 Å². The van der Waals surface area contributed by atoms with Crippen LogP contribution in [0.3, 0.4) is 0 Å². The number of aromatic nitrogens is 5. The van der Waals surface area contributed by atoms with Gasteiger partial charge >= 0.3 is 0 Å². The van der Waals surface area contributed by atoms with Crippen molar-refractivity contribution in [2.24, 2.45) is 0 Å². The molecule has 42 heavy (non-hydrogen) atoms. The Bertz CT molecular complexity index is 1810. The molecule has 0 bridgehead atoms. The van der Waals surface area contributed by atoms with Crippen molar-refractivity contribution >= 4 is 16.6 Å². The molecular weight excluding hydrogens is 531 g/mol. The van der Waals surface area contributed by atoms with Gasteiger partial charge in [0.05, 0.1) is 24.7 Å². The van der Waals surface area contributed by atoms with Gasteiger partial charge < -0.3 is 14.5 Å². The maximum atomic E-state index is 14.8. The number of benzene rings is 1. The number of hydrogen-bond donors (Lipinski definition) is 2. The third-order valence-corrected chi connectivity index (χ3v) is 7.93. The Morgan fingerprint density at radius 1 is 0.952 bits per heavy atom. The van der Waals surface area contributed by atoms with Gasteiger partial charge in [0.15, 0.2) is 5.65 Å². The normalized spacial score (nSPS) is 15.0. The fourth-order valence-corrected chi connectivity index (χ4v) is 5.78. The van der Waals surface area contributed by atoms with Crippen molar-refractivity contribution in [3.05, 3.63) is 95.9 Å². The van der Waals surface area contributed by atoms with Crippen LogP contribution in [-0.2, 0) is 6.42 Å². The average Bonchev–Trinajstić information content (AvgIpc) is 3.75. The standard InChI is InChI=1S/C33H31FN6O2/c1-41-26-14-22(18-35-20-26)23-15-29-32(38-39-33(29)36-19-23)31-17-28-27(6-2-3-7-30(28)37-31)21-12-24(34)16-25(13-21)42-11-10-40-8-4-5-9-40/h2-3,6,12-20,37H,4-5,7-11H2,1H3,(H,36,38,39). The van der Waals surface area contributed by atoms with Gasteiger partial charge in [0.25, 0.3) is 0 Å². The molecule has 0 saturated carbocycles. The Morgan fingerprint density at radius 2 is 1.81 bits per heavy atom. The Kier molecular flexibility index (Phi) is 7.01. The number of nitrogens with one attached hydrogen (secondary N) is 2. The van der Waals surface area contributed by atoms with Crippen LogP contribution in [0.25, 0.3) is 39.1 Å². The van der Waals surface area contributed by atoms with Crippen molar-refractivity contribution in [1.29, 1.82) is 0 Å². The van der Waals surface area contributed by atoms with Crippen molar-refractivity contribution in [1.82, 2.24) is 30.0 Å². The molecule has 1 fully saturated rings. The second-order valence-electron chi connectivity index (χ2n) is 10.7. The minimum atomic E-state index is -0.319. The Hall–Kier alpha value is -4.76. The Balaban J connectivity index is 1.21. The number of methoxy groups -OCH3 is 1. The molecule has 9 heteroatoms. The van der Waals surface area contributed by atoms with E-state index < -0.39 is 0 Å². The summed E-state index contributed by atoms with van der Waals surface area (Å²) in [6.45, 7) is 3.61. The summed E-state index contributed by atoms with van der Waals surface area (Å²) >= 11 is 0. The van der Waals surface area contributed by atoms with Crippen molar-refractivity contribution in [2.75, 3.05) is 33.4 Å². The maximum absolute atomic E-state index is 14.8. The smallest absolute Gasteiger partial charge is 0.181 e. The van der Waals surface area contributed by atoms with E-state index in [9.17, 15) is 4.39 Å². The van der Waals surface area contributed by atoms with Crippen LogP contribution < -0.4 is 9.47 Å². The van der Waals surface area contributed by atoms with E-state index in [2.05, 4.69) is 48.3 Å². The number of H-pyrrole nitrogens is 2. The van der Waals surface area contributed by atoms with Gasteiger partial charge in [0, 0.05) is 59.2 Å². The van der Waals surface area contributed by atoms with Crippen LogP contribution in [0.15, 0.2) is 73.2 Å². The summed E-state index contributed by atoms with van der Waals surface area (Å²) in [7, 11) is 1.62. The number of allylic oxidation sites excluding steroid dienone is 3. The molecule has 0 radical (unpaired) electrons. The van der Waals surface area contributed by atoms with Gasteiger partial charge in [-0.2, -0.15) is 5.10 Å². The van der Waals surface area contributed by atoms with E-state index in [1.54, 1.807) is 31.8 Å². The number of halogens is 1. The molecule has 2 N–H and O–H groups in total. The fourth-order valence-electron chi connectivity index (χ4n) is 5.78. The quantitative estimate of drug-likeness (QED) is 0.235. The Morgan fingerprint density at radius 3 is 2.69 bits per heavy atom. The van der Waals surface area contributed by atoms with E-state index in [1.807, 2.05) is 24.3 Å². The third kappa shape index (κ3) is 5.19. The summed E-state index contributed by atoms with van der Waals surface area (Å²) in [5, 5.41) is 8.50. The highest BCUT2D eigenvalue weighted by Crippen LogP contribution is 2.36. The second kappa shape index (κ2) is 11.3. The maximum Gasteiger partial charge on any atom is 0.181 e. The SMILES string of the molecule is COc1cncc(-c2cnc3n[nH]c(-c4cc5c([nH]4)CC=CC=C5c4cc(F)cc(OCCN5CCCC5)c4)c3c2)c1. The number of likely N-dealkylation sites (tertiary alicyclic amines) is 1. The van der Waals surface area contributed by atoms with Crippen LogP contribution in [0, 0.1) is 5.82 Å². The number of hydrogen-bond acceptors (Lipinski definition) is 6. The first-order valence-electron chi connectivity index (χ1n) is 14.2. The van der Waals surface area contributed by atoms with Gasteiger partial charge in [0.1, 0.15) is 23.9 Å². The van der Waals surface area contributed by atoms with Gasteiger partial charge in [-0.1, -0.05) is 18.2 Å². The fraction of sp³-hybridized carbons (Fsp3) is 0.242. The molecule has 0 spiro atoms. The minimum absolute atomic E-state index is 0.319. The summed E-state index contributed by atoms with van der Waals surface area (Å²) in [4.78, 5) is 14.8. The average molecular weight is 563 g/mol. The number of rotatable bonds is 8.